The van der Waals surface area contributed by atoms with E-state index in [1.54, 1.807) is 0 Å². The minimum absolute atomic E-state index is 0.179. The summed E-state index contributed by atoms with van der Waals surface area (Å²) in [5, 5.41) is 7.48. The quantitative estimate of drug-likeness (QED) is 0.512. The number of fused-ring (bicyclic) bond motifs is 2. The zero-order valence-corrected chi connectivity index (χ0v) is 14.6. The Kier molecular flexibility index (Phi) is 4.21. The highest BCUT2D eigenvalue weighted by atomic mass is 15.0. The molecule has 0 radical (unpaired) electrons. The van der Waals surface area contributed by atoms with Crippen molar-refractivity contribution >= 4 is 21.7 Å². The van der Waals surface area contributed by atoms with E-state index in [1.807, 2.05) is 12.1 Å². The lowest BCUT2D eigenvalue weighted by atomic mass is 9.99. The fourth-order valence-electron chi connectivity index (χ4n) is 3.50. The van der Waals surface area contributed by atoms with Gasteiger partial charge in [-0.1, -0.05) is 66.7 Å². The van der Waals surface area contributed by atoms with Crippen LogP contribution >= 0.6 is 0 Å². The molecule has 0 aliphatic rings. The number of hydrogen-bond donors (Lipinski definition) is 1. The minimum Gasteiger partial charge on any atom is -0.302 e. The van der Waals surface area contributed by atoms with Crippen LogP contribution in [0.3, 0.4) is 0 Å². The minimum atomic E-state index is 0.179. The number of pyridine rings is 1. The van der Waals surface area contributed by atoms with Crippen LogP contribution in [-0.4, -0.2) is 4.98 Å². The Labute approximate surface area is 148 Å². The summed E-state index contributed by atoms with van der Waals surface area (Å²) in [7, 11) is 0. The summed E-state index contributed by atoms with van der Waals surface area (Å²) in [6, 6.07) is 28.0. The number of benzene rings is 3. The third-order valence-corrected chi connectivity index (χ3v) is 4.85. The number of nitrogens with one attached hydrogen (secondary N) is 1. The molecule has 2 nitrogen and oxygen atoms in total. The first-order valence-corrected chi connectivity index (χ1v) is 8.82. The van der Waals surface area contributed by atoms with Crippen molar-refractivity contribution in [3.05, 3.63) is 90.1 Å². The van der Waals surface area contributed by atoms with Gasteiger partial charge in [0.1, 0.15) is 0 Å². The van der Waals surface area contributed by atoms with Crippen molar-refractivity contribution in [3.8, 4) is 0 Å². The highest BCUT2D eigenvalue weighted by molar-refractivity contribution is 5.86. The van der Waals surface area contributed by atoms with Gasteiger partial charge in [-0.15, -0.1) is 0 Å². The molecule has 4 rings (SSSR count). The molecule has 2 heteroatoms. The second-order valence-corrected chi connectivity index (χ2v) is 6.61. The molecule has 0 saturated carbocycles. The van der Waals surface area contributed by atoms with E-state index in [0.717, 1.165) is 11.2 Å². The van der Waals surface area contributed by atoms with Crippen LogP contribution in [0.4, 0.5) is 0 Å². The lowest BCUT2D eigenvalue weighted by molar-refractivity contribution is 0.489. The Hall–Kier alpha value is -2.71. The molecule has 0 unspecified atom stereocenters. The summed E-state index contributed by atoms with van der Waals surface area (Å²) in [5.74, 6) is 0. The lowest BCUT2D eigenvalue weighted by Crippen LogP contribution is -2.23. The van der Waals surface area contributed by atoms with Gasteiger partial charge in [0, 0.05) is 17.5 Å². The van der Waals surface area contributed by atoms with Gasteiger partial charge < -0.3 is 5.32 Å². The Morgan fingerprint density at radius 3 is 2.28 bits per heavy atom. The molecule has 2 atom stereocenters. The van der Waals surface area contributed by atoms with Gasteiger partial charge in [-0.05, 0) is 42.3 Å². The van der Waals surface area contributed by atoms with Gasteiger partial charge in [-0.2, -0.15) is 0 Å². The van der Waals surface area contributed by atoms with E-state index in [0.29, 0.717) is 0 Å². The molecule has 1 aromatic heterocycles. The molecule has 3 aromatic carbocycles. The number of para-hydroxylation sites is 1. The fraction of sp³-hybridized carbons (Fsp3) is 0.174. The van der Waals surface area contributed by atoms with Crippen LogP contribution in [0, 0.1) is 0 Å². The second-order valence-electron chi connectivity index (χ2n) is 6.61. The maximum absolute atomic E-state index is 4.82. The third kappa shape index (κ3) is 3.13. The van der Waals surface area contributed by atoms with Crippen LogP contribution in [0.15, 0.2) is 78.9 Å². The molecule has 0 bridgehead atoms. The van der Waals surface area contributed by atoms with E-state index in [9.17, 15) is 0 Å². The SMILES string of the molecule is C[C@@H](N[C@H](C)c1cccc2ccccc12)c1ccc2ccccc2n1. The zero-order chi connectivity index (χ0) is 17.2. The first kappa shape index (κ1) is 15.8. The van der Waals surface area contributed by atoms with E-state index >= 15 is 0 Å². The Balaban J connectivity index is 1.61. The van der Waals surface area contributed by atoms with E-state index < -0.39 is 0 Å². The summed E-state index contributed by atoms with van der Waals surface area (Å²) in [6.07, 6.45) is 0. The zero-order valence-electron chi connectivity index (χ0n) is 14.6. The van der Waals surface area contributed by atoms with Gasteiger partial charge in [-0.25, -0.2) is 0 Å². The third-order valence-electron chi connectivity index (χ3n) is 4.85. The van der Waals surface area contributed by atoms with E-state index in [4.69, 9.17) is 4.98 Å². The first-order valence-electron chi connectivity index (χ1n) is 8.82. The van der Waals surface area contributed by atoms with Crippen molar-refractivity contribution in [3.63, 3.8) is 0 Å². The van der Waals surface area contributed by atoms with Crippen molar-refractivity contribution in [1.82, 2.24) is 10.3 Å². The number of nitrogens with zero attached hydrogens (tertiary/aromatic N) is 1. The van der Waals surface area contributed by atoms with Crippen molar-refractivity contribution in [2.24, 2.45) is 0 Å². The lowest BCUT2D eigenvalue weighted by Gasteiger charge is -2.21. The highest BCUT2D eigenvalue weighted by Crippen LogP contribution is 2.26. The van der Waals surface area contributed by atoms with Crippen LogP contribution in [-0.2, 0) is 0 Å². The van der Waals surface area contributed by atoms with Crippen LogP contribution in [0.2, 0.25) is 0 Å². The summed E-state index contributed by atoms with van der Waals surface area (Å²) < 4.78 is 0. The van der Waals surface area contributed by atoms with Gasteiger partial charge in [0.15, 0.2) is 0 Å². The molecule has 1 heterocycles. The van der Waals surface area contributed by atoms with Crippen LogP contribution in [0.5, 0.6) is 0 Å². The molecule has 0 aliphatic heterocycles. The van der Waals surface area contributed by atoms with Gasteiger partial charge in [0.05, 0.1) is 11.2 Å². The molecule has 0 saturated heterocycles. The predicted molar refractivity (Wildman–Crippen MR) is 106 cm³/mol. The molecular weight excluding hydrogens is 304 g/mol. The number of rotatable bonds is 4. The average Bonchev–Trinajstić information content (AvgIpc) is 2.67. The molecular formula is C23H22N2. The number of hydrogen-bond acceptors (Lipinski definition) is 2. The van der Waals surface area contributed by atoms with Crippen LogP contribution in [0.25, 0.3) is 21.7 Å². The van der Waals surface area contributed by atoms with E-state index in [-0.39, 0.29) is 12.1 Å². The molecule has 0 amide bonds. The molecule has 4 aromatic rings. The largest absolute Gasteiger partial charge is 0.302 e. The van der Waals surface area contributed by atoms with Gasteiger partial charge in [0.2, 0.25) is 0 Å². The Bertz CT molecular complexity index is 1020. The molecule has 0 spiro atoms. The van der Waals surface area contributed by atoms with Crippen molar-refractivity contribution in [2.45, 2.75) is 25.9 Å². The Morgan fingerprint density at radius 2 is 1.40 bits per heavy atom. The van der Waals surface area contributed by atoms with Crippen molar-refractivity contribution in [1.29, 1.82) is 0 Å². The van der Waals surface area contributed by atoms with Crippen LogP contribution < -0.4 is 5.32 Å². The first-order chi connectivity index (χ1) is 12.2. The van der Waals surface area contributed by atoms with E-state index in [1.165, 1.54) is 21.7 Å². The number of aromatic nitrogens is 1. The van der Waals surface area contributed by atoms with Gasteiger partial charge in [-0.3, -0.25) is 4.98 Å². The van der Waals surface area contributed by atoms with Gasteiger partial charge in [0.25, 0.3) is 0 Å². The second kappa shape index (κ2) is 6.66. The molecule has 124 valence electrons. The topological polar surface area (TPSA) is 24.9 Å². The fourth-order valence-corrected chi connectivity index (χ4v) is 3.50. The van der Waals surface area contributed by atoms with Crippen molar-refractivity contribution < 1.29 is 0 Å². The maximum Gasteiger partial charge on any atom is 0.0706 e. The van der Waals surface area contributed by atoms with Gasteiger partial charge >= 0.3 is 0 Å². The summed E-state index contributed by atoms with van der Waals surface area (Å²) in [4.78, 5) is 4.82. The highest BCUT2D eigenvalue weighted by Gasteiger charge is 2.14. The van der Waals surface area contributed by atoms with E-state index in [2.05, 4.69) is 85.9 Å². The summed E-state index contributed by atoms with van der Waals surface area (Å²) >= 11 is 0. The normalized spacial score (nSPS) is 13.8. The molecule has 0 fully saturated rings. The van der Waals surface area contributed by atoms with Crippen LogP contribution in [0.1, 0.15) is 37.2 Å². The predicted octanol–water partition coefficient (Wildman–Crippen LogP) is 5.80. The Morgan fingerprint density at radius 1 is 0.680 bits per heavy atom. The molecule has 1 N–H and O–H groups in total. The maximum atomic E-state index is 4.82. The summed E-state index contributed by atoms with van der Waals surface area (Å²) in [6.45, 7) is 4.40. The van der Waals surface area contributed by atoms with Crippen molar-refractivity contribution in [2.75, 3.05) is 0 Å². The smallest absolute Gasteiger partial charge is 0.0706 e. The summed E-state index contributed by atoms with van der Waals surface area (Å²) in [5.41, 5.74) is 3.45. The molecule has 25 heavy (non-hydrogen) atoms. The monoisotopic (exact) mass is 326 g/mol. The molecule has 0 aliphatic carbocycles. The standard InChI is InChI=1S/C23H22N2/c1-16(20-12-7-10-18-8-3-5-11-21(18)20)24-17(2)22-15-14-19-9-4-6-13-23(19)25-22/h3-17,24H,1-2H3/t16-,17-/m1/s1. The average molecular weight is 326 g/mol.